The van der Waals surface area contributed by atoms with Gasteiger partial charge in [0.25, 0.3) is 0 Å². The number of hydrogen-bond donors (Lipinski definition) is 1. The first-order chi connectivity index (χ1) is 7.37. The topological polar surface area (TPSA) is 20.2 Å². The van der Waals surface area contributed by atoms with Crippen LogP contribution in [0.15, 0.2) is 12.7 Å². The van der Waals surface area contributed by atoms with E-state index in [0.717, 1.165) is 24.7 Å². The molecule has 16 heavy (non-hydrogen) atoms. The summed E-state index contributed by atoms with van der Waals surface area (Å²) in [6.07, 6.45) is 8.82. The second-order valence-electron chi connectivity index (χ2n) is 5.88. The molecule has 0 bridgehead atoms. The van der Waals surface area contributed by atoms with Crippen LogP contribution < -0.4 is 0 Å². The van der Waals surface area contributed by atoms with Gasteiger partial charge in [-0.2, -0.15) is 0 Å². The molecule has 0 radical (unpaired) electrons. The first-order valence-corrected chi connectivity index (χ1v) is 6.73. The van der Waals surface area contributed by atoms with Gasteiger partial charge in [0, 0.05) is 0 Å². The molecule has 1 nitrogen and oxygen atoms in total. The lowest BCUT2D eigenvalue weighted by atomic mass is 9.92. The van der Waals surface area contributed by atoms with Crippen molar-refractivity contribution in [3.8, 4) is 0 Å². The van der Waals surface area contributed by atoms with Crippen molar-refractivity contribution in [2.75, 3.05) is 0 Å². The molecule has 2 atom stereocenters. The average molecular weight is 226 g/mol. The molecule has 0 saturated carbocycles. The lowest BCUT2D eigenvalue weighted by Gasteiger charge is -2.19. The normalized spacial score (nSPS) is 17.1. The molecule has 0 aliphatic rings. The fourth-order valence-electron chi connectivity index (χ4n) is 1.93. The van der Waals surface area contributed by atoms with Gasteiger partial charge in [-0.15, -0.1) is 6.58 Å². The summed E-state index contributed by atoms with van der Waals surface area (Å²) in [6.45, 7) is 12.4. The Morgan fingerprint density at radius 2 is 1.69 bits per heavy atom. The minimum atomic E-state index is -0.669. The molecule has 0 aliphatic heterocycles. The molecule has 0 aromatic rings. The Hall–Kier alpha value is -0.300. The minimum absolute atomic E-state index is 0.669. The predicted molar refractivity (Wildman–Crippen MR) is 72.5 cm³/mol. The third-order valence-corrected chi connectivity index (χ3v) is 3.30. The quantitative estimate of drug-likeness (QED) is 0.572. The van der Waals surface area contributed by atoms with Crippen LogP contribution in [0.2, 0.25) is 0 Å². The zero-order valence-corrected chi connectivity index (χ0v) is 11.6. The molecule has 0 saturated heterocycles. The van der Waals surface area contributed by atoms with Crippen LogP contribution in [-0.2, 0) is 0 Å². The molecule has 0 heterocycles. The highest BCUT2D eigenvalue weighted by Gasteiger charge is 2.15. The van der Waals surface area contributed by atoms with Gasteiger partial charge in [0.1, 0.15) is 0 Å². The van der Waals surface area contributed by atoms with E-state index >= 15 is 0 Å². The molecule has 0 amide bonds. The summed E-state index contributed by atoms with van der Waals surface area (Å²) in [5.41, 5.74) is -0.669. The van der Waals surface area contributed by atoms with Crippen molar-refractivity contribution in [2.24, 2.45) is 11.8 Å². The zero-order valence-electron chi connectivity index (χ0n) is 11.6. The molecular weight excluding hydrogens is 196 g/mol. The Morgan fingerprint density at radius 3 is 2.19 bits per heavy atom. The van der Waals surface area contributed by atoms with Gasteiger partial charge < -0.3 is 5.11 Å². The summed E-state index contributed by atoms with van der Waals surface area (Å²) in [7, 11) is 0. The Kier molecular flexibility index (Phi) is 7.74. The predicted octanol–water partition coefficient (Wildman–Crippen LogP) is 4.56. The summed E-state index contributed by atoms with van der Waals surface area (Å²) >= 11 is 0. The van der Waals surface area contributed by atoms with Gasteiger partial charge in [0.2, 0.25) is 0 Å². The van der Waals surface area contributed by atoms with E-state index in [9.17, 15) is 5.11 Å². The molecule has 0 rings (SSSR count). The maximum absolute atomic E-state index is 9.77. The maximum Gasteiger partial charge on any atom is 0.0797 e. The maximum atomic E-state index is 9.77. The highest BCUT2D eigenvalue weighted by molar-refractivity contribution is 4.91. The van der Waals surface area contributed by atoms with E-state index in [2.05, 4.69) is 27.4 Å². The fraction of sp³-hybridized carbons (Fsp3) is 0.867. The smallest absolute Gasteiger partial charge is 0.0797 e. The molecule has 1 N–H and O–H groups in total. The van der Waals surface area contributed by atoms with Gasteiger partial charge in [-0.25, -0.2) is 0 Å². The molecule has 1 heteroatoms. The SMILES string of the molecule is C=C[C@](C)(O)CCC[C@H](C)CCCC(C)C. The van der Waals surface area contributed by atoms with Gasteiger partial charge in [-0.1, -0.05) is 59.0 Å². The highest BCUT2D eigenvalue weighted by atomic mass is 16.3. The largest absolute Gasteiger partial charge is 0.386 e. The highest BCUT2D eigenvalue weighted by Crippen LogP contribution is 2.21. The van der Waals surface area contributed by atoms with Crippen molar-refractivity contribution in [3.63, 3.8) is 0 Å². The third kappa shape index (κ3) is 8.96. The van der Waals surface area contributed by atoms with E-state index in [1.54, 1.807) is 6.08 Å². The van der Waals surface area contributed by atoms with Crippen LogP contribution in [-0.4, -0.2) is 10.7 Å². The molecule has 0 fully saturated rings. The van der Waals surface area contributed by atoms with Gasteiger partial charge in [-0.05, 0) is 25.2 Å². The lowest BCUT2D eigenvalue weighted by molar-refractivity contribution is 0.0974. The fourth-order valence-corrected chi connectivity index (χ4v) is 1.93. The molecule has 0 unspecified atom stereocenters. The number of hydrogen-bond acceptors (Lipinski definition) is 1. The Balaban J connectivity index is 3.50. The van der Waals surface area contributed by atoms with Crippen LogP contribution in [0.25, 0.3) is 0 Å². The van der Waals surface area contributed by atoms with Crippen molar-refractivity contribution in [2.45, 2.75) is 71.8 Å². The van der Waals surface area contributed by atoms with Crippen molar-refractivity contribution in [3.05, 3.63) is 12.7 Å². The van der Waals surface area contributed by atoms with Crippen LogP contribution in [0.1, 0.15) is 66.2 Å². The number of aliphatic hydroxyl groups is 1. The Morgan fingerprint density at radius 1 is 1.12 bits per heavy atom. The van der Waals surface area contributed by atoms with E-state index in [0.29, 0.717) is 0 Å². The molecular formula is C15H30O. The van der Waals surface area contributed by atoms with E-state index in [1.165, 1.54) is 25.7 Å². The van der Waals surface area contributed by atoms with E-state index in [1.807, 2.05) is 6.92 Å². The summed E-state index contributed by atoms with van der Waals surface area (Å²) in [5, 5.41) is 9.77. The Bertz CT molecular complexity index is 182. The summed E-state index contributed by atoms with van der Waals surface area (Å²) in [6, 6.07) is 0. The van der Waals surface area contributed by atoms with Gasteiger partial charge >= 0.3 is 0 Å². The average Bonchev–Trinajstić information content (AvgIpc) is 2.17. The standard InChI is InChI=1S/C15H30O/c1-6-15(5,16)12-8-11-14(4)10-7-9-13(2)3/h6,13-14,16H,1,7-12H2,2-5H3/t14-,15+/m1/s1. The van der Waals surface area contributed by atoms with Crippen LogP contribution in [0.3, 0.4) is 0 Å². The summed E-state index contributed by atoms with van der Waals surface area (Å²) in [5.74, 6) is 1.62. The molecule has 0 aromatic heterocycles. The van der Waals surface area contributed by atoms with E-state index in [-0.39, 0.29) is 0 Å². The Labute approximate surface area is 102 Å². The van der Waals surface area contributed by atoms with Crippen LogP contribution in [0, 0.1) is 11.8 Å². The third-order valence-electron chi connectivity index (χ3n) is 3.30. The number of rotatable bonds is 9. The summed E-state index contributed by atoms with van der Waals surface area (Å²) < 4.78 is 0. The first-order valence-electron chi connectivity index (χ1n) is 6.73. The molecule has 96 valence electrons. The molecule has 0 spiro atoms. The zero-order chi connectivity index (χ0) is 12.6. The van der Waals surface area contributed by atoms with Gasteiger partial charge in [0.15, 0.2) is 0 Å². The van der Waals surface area contributed by atoms with Crippen molar-refractivity contribution in [1.29, 1.82) is 0 Å². The van der Waals surface area contributed by atoms with Crippen molar-refractivity contribution >= 4 is 0 Å². The molecule has 0 aliphatic carbocycles. The van der Waals surface area contributed by atoms with Crippen LogP contribution in [0.4, 0.5) is 0 Å². The van der Waals surface area contributed by atoms with Gasteiger partial charge in [0.05, 0.1) is 5.60 Å². The second-order valence-corrected chi connectivity index (χ2v) is 5.88. The van der Waals surface area contributed by atoms with Crippen LogP contribution >= 0.6 is 0 Å². The van der Waals surface area contributed by atoms with Crippen LogP contribution in [0.5, 0.6) is 0 Å². The molecule has 0 aromatic carbocycles. The lowest BCUT2D eigenvalue weighted by Crippen LogP contribution is -2.20. The van der Waals surface area contributed by atoms with Gasteiger partial charge in [-0.3, -0.25) is 0 Å². The van der Waals surface area contributed by atoms with Crippen molar-refractivity contribution < 1.29 is 5.11 Å². The first kappa shape index (κ1) is 15.7. The van der Waals surface area contributed by atoms with Crippen molar-refractivity contribution in [1.82, 2.24) is 0 Å². The minimum Gasteiger partial charge on any atom is -0.386 e. The summed E-state index contributed by atoms with van der Waals surface area (Å²) in [4.78, 5) is 0. The van der Waals surface area contributed by atoms with E-state index < -0.39 is 5.60 Å². The van der Waals surface area contributed by atoms with E-state index in [4.69, 9.17) is 0 Å². The monoisotopic (exact) mass is 226 g/mol. The second kappa shape index (κ2) is 7.89.